The van der Waals surface area contributed by atoms with E-state index in [9.17, 15) is 4.79 Å². The fourth-order valence-corrected chi connectivity index (χ4v) is 2.97. The Hall–Kier alpha value is -2.62. The molecule has 0 saturated carbocycles. The van der Waals surface area contributed by atoms with Crippen LogP contribution in [-0.2, 0) is 14.3 Å². The van der Waals surface area contributed by atoms with E-state index in [0.29, 0.717) is 12.3 Å². The van der Waals surface area contributed by atoms with Gasteiger partial charge in [-0.3, -0.25) is 0 Å². The molecule has 0 unspecified atom stereocenters. The van der Waals surface area contributed by atoms with Gasteiger partial charge in [-0.1, -0.05) is 48.6 Å². The predicted octanol–water partition coefficient (Wildman–Crippen LogP) is 4.66. The summed E-state index contributed by atoms with van der Waals surface area (Å²) in [5, 5.41) is 2.17. The molecule has 1 atom stereocenters. The molecule has 2 aromatic rings. The molecule has 2 aromatic carbocycles. The Morgan fingerprint density at radius 3 is 2.69 bits per heavy atom. The molecule has 4 heteroatoms. The van der Waals surface area contributed by atoms with E-state index in [1.165, 1.54) is 0 Å². The average molecular weight is 351 g/mol. The smallest absolute Gasteiger partial charge is 0.338 e. The Bertz CT molecular complexity index is 871. The lowest BCUT2D eigenvalue weighted by molar-refractivity contribution is -0.161. The average Bonchev–Trinajstić information content (AvgIpc) is 3.04. The monoisotopic (exact) mass is 351 g/mol. The fraction of sp³-hybridized carbons (Fsp3) is 0.364. The van der Waals surface area contributed by atoms with E-state index in [-0.39, 0.29) is 12.6 Å². The molecule has 0 saturated heterocycles. The largest absolute Gasteiger partial charge is 0.474 e. The maximum atomic E-state index is 12.9. The van der Waals surface area contributed by atoms with Crippen LogP contribution in [0.3, 0.4) is 0 Å². The maximum Gasteiger partial charge on any atom is 0.338 e. The molecule has 26 heavy (non-hydrogen) atoms. The molecular formula is C22H25NO3. The number of benzene rings is 2. The molecule has 1 heterocycles. The van der Waals surface area contributed by atoms with Crippen molar-refractivity contribution in [3.05, 3.63) is 60.2 Å². The minimum absolute atomic E-state index is 0.185. The molecule has 0 spiro atoms. The number of fused-ring (bicyclic) bond motifs is 1. The number of rotatable bonds is 4. The second-order valence-corrected chi connectivity index (χ2v) is 7.54. The zero-order chi connectivity index (χ0) is 18.8. The Balaban J connectivity index is 2.03. The number of allylic oxidation sites excluding steroid dienone is 1. The van der Waals surface area contributed by atoms with Crippen molar-refractivity contribution in [2.45, 2.75) is 45.3 Å². The zero-order valence-corrected chi connectivity index (χ0v) is 15.8. The van der Waals surface area contributed by atoms with Gasteiger partial charge in [0.25, 0.3) is 0 Å². The Kier molecular flexibility index (Phi) is 4.86. The third-order valence-corrected chi connectivity index (χ3v) is 4.25. The molecular weight excluding hydrogens is 326 g/mol. The lowest BCUT2D eigenvalue weighted by atomic mass is 9.96. The lowest BCUT2D eigenvalue weighted by Gasteiger charge is -2.27. The van der Waals surface area contributed by atoms with Crippen molar-refractivity contribution >= 4 is 22.6 Å². The van der Waals surface area contributed by atoms with Crippen molar-refractivity contribution in [1.82, 2.24) is 0 Å². The summed E-state index contributed by atoms with van der Waals surface area (Å²) in [6.07, 6.45) is 4.30. The molecule has 0 aromatic heterocycles. The first-order valence-electron chi connectivity index (χ1n) is 8.90. The van der Waals surface area contributed by atoms with E-state index in [2.05, 4.69) is 12.1 Å². The van der Waals surface area contributed by atoms with Crippen molar-refractivity contribution in [2.24, 2.45) is 4.99 Å². The predicted molar refractivity (Wildman–Crippen MR) is 104 cm³/mol. The molecule has 1 aliphatic heterocycles. The first kappa shape index (κ1) is 18.2. The van der Waals surface area contributed by atoms with E-state index >= 15 is 0 Å². The third-order valence-electron chi connectivity index (χ3n) is 4.25. The minimum atomic E-state index is -1.04. The van der Waals surface area contributed by atoms with Gasteiger partial charge in [0.05, 0.1) is 0 Å². The molecule has 0 aliphatic carbocycles. The fourth-order valence-electron chi connectivity index (χ4n) is 2.97. The summed E-state index contributed by atoms with van der Waals surface area (Å²) < 4.78 is 11.5. The molecule has 0 radical (unpaired) electrons. The van der Waals surface area contributed by atoms with Crippen LogP contribution >= 0.6 is 0 Å². The summed E-state index contributed by atoms with van der Waals surface area (Å²) in [4.78, 5) is 17.6. The molecule has 0 fully saturated rings. The van der Waals surface area contributed by atoms with Crippen molar-refractivity contribution < 1.29 is 14.3 Å². The van der Waals surface area contributed by atoms with Gasteiger partial charge in [0.2, 0.25) is 5.90 Å². The molecule has 1 aliphatic rings. The van der Waals surface area contributed by atoms with Gasteiger partial charge in [-0.05, 0) is 44.5 Å². The van der Waals surface area contributed by atoms with E-state index in [0.717, 1.165) is 16.3 Å². The second-order valence-electron chi connectivity index (χ2n) is 7.54. The quantitative estimate of drug-likeness (QED) is 0.594. The zero-order valence-electron chi connectivity index (χ0n) is 15.8. The Labute approximate surface area is 154 Å². The van der Waals surface area contributed by atoms with Crippen molar-refractivity contribution in [1.29, 1.82) is 0 Å². The summed E-state index contributed by atoms with van der Waals surface area (Å²) >= 11 is 0. The highest BCUT2D eigenvalue weighted by Gasteiger charge is 2.46. The number of ether oxygens (including phenoxy) is 2. The summed E-state index contributed by atoms with van der Waals surface area (Å²) in [5.74, 6) is 0.149. The first-order valence-corrected chi connectivity index (χ1v) is 8.90. The lowest BCUT2D eigenvalue weighted by Crippen LogP contribution is -2.43. The van der Waals surface area contributed by atoms with Crippen molar-refractivity contribution in [3.8, 4) is 0 Å². The number of aliphatic imine (C=N–C) groups is 1. The standard InChI is InChI=1S/C22H25NO3/c1-5-6-14-22(20(24)26-21(2,3)4)15-25-19(23-22)18-13-9-11-16-10-7-8-12-17(16)18/h5-13H,14-15H2,1-4H3/b6-5+/t22-/m0/s1. The van der Waals surface area contributed by atoms with Gasteiger partial charge >= 0.3 is 5.97 Å². The van der Waals surface area contributed by atoms with E-state index < -0.39 is 11.1 Å². The van der Waals surface area contributed by atoms with Crippen LogP contribution in [0, 0.1) is 0 Å². The van der Waals surface area contributed by atoms with Gasteiger partial charge in [0, 0.05) is 12.0 Å². The van der Waals surface area contributed by atoms with Crippen LogP contribution < -0.4 is 0 Å². The van der Waals surface area contributed by atoms with Gasteiger partial charge in [0.15, 0.2) is 5.54 Å². The number of esters is 1. The van der Waals surface area contributed by atoms with Gasteiger partial charge in [-0.25, -0.2) is 9.79 Å². The van der Waals surface area contributed by atoms with Crippen LogP contribution in [0.2, 0.25) is 0 Å². The van der Waals surface area contributed by atoms with Gasteiger partial charge in [-0.2, -0.15) is 0 Å². The van der Waals surface area contributed by atoms with Gasteiger partial charge in [-0.15, -0.1) is 0 Å². The summed E-state index contributed by atoms with van der Waals surface area (Å²) in [6, 6.07) is 14.1. The number of nitrogens with zero attached hydrogens (tertiary/aromatic N) is 1. The number of hydrogen-bond donors (Lipinski definition) is 0. The van der Waals surface area contributed by atoms with Crippen LogP contribution in [0.4, 0.5) is 0 Å². The summed E-state index contributed by atoms with van der Waals surface area (Å²) in [5.41, 5.74) is -0.710. The van der Waals surface area contributed by atoms with Crippen LogP contribution in [-0.4, -0.2) is 29.6 Å². The minimum Gasteiger partial charge on any atom is -0.474 e. The van der Waals surface area contributed by atoms with E-state index in [1.807, 2.05) is 70.2 Å². The maximum absolute atomic E-state index is 12.9. The normalized spacial score (nSPS) is 20.2. The summed E-state index contributed by atoms with van der Waals surface area (Å²) in [7, 11) is 0. The van der Waals surface area contributed by atoms with Gasteiger partial charge in [0.1, 0.15) is 12.2 Å². The van der Waals surface area contributed by atoms with Crippen molar-refractivity contribution in [3.63, 3.8) is 0 Å². The second kappa shape index (κ2) is 6.94. The number of hydrogen-bond acceptors (Lipinski definition) is 4. The first-order chi connectivity index (χ1) is 12.3. The molecule has 3 rings (SSSR count). The number of carbonyl (C=O) groups is 1. The molecule has 0 bridgehead atoms. The van der Waals surface area contributed by atoms with Crippen molar-refractivity contribution in [2.75, 3.05) is 6.61 Å². The Morgan fingerprint density at radius 2 is 1.96 bits per heavy atom. The SMILES string of the molecule is C/C=C/C[C@@]1(C(=O)OC(C)(C)C)COC(c2cccc3ccccc23)=N1. The topological polar surface area (TPSA) is 47.9 Å². The molecule has 0 N–H and O–H groups in total. The summed E-state index contributed by atoms with van der Waals surface area (Å²) in [6.45, 7) is 7.69. The highest BCUT2D eigenvalue weighted by Crippen LogP contribution is 2.31. The van der Waals surface area contributed by atoms with Gasteiger partial charge < -0.3 is 9.47 Å². The van der Waals surface area contributed by atoms with Crippen LogP contribution in [0.15, 0.2) is 59.6 Å². The highest BCUT2D eigenvalue weighted by molar-refractivity contribution is 6.09. The highest BCUT2D eigenvalue weighted by atomic mass is 16.6. The van der Waals surface area contributed by atoms with E-state index in [1.54, 1.807) is 0 Å². The number of carbonyl (C=O) groups excluding carboxylic acids is 1. The Morgan fingerprint density at radius 1 is 1.23 bits per heavy atom. The van der Waals surface area contributed by atoms with E-state index in [4.69, 9.17) is 14.5 Å². The van der Waals surface area contributed by atoms with Crippen LogP contribution in [0.5, 0.6) is 0 Å². The molecule has 4 nitrogen and oxygen atoms in total. The van der Waals surface area contributed by atoms with Crippen LogP contribution in [0.25, 0.3) is 10.8 Å². The molecule has 0 amide bonds. The van der Waals surface area contributed by atoms with Crippen LogP contribution in [0.1, 0.15) is 39.7 Å². The third kappa shape index (κ3) is 3.64. The molecule has 136 valence electrons.